The quantitative estimate of drug-likeness (QED) is 0.777. The summed E-state index contributed by atoms with van der Waals surface area (Å²) in [7, 11) is 2.18. The van der Waals surface area contributed by atoms with Gasteiger partial charge in [-0.15, -0.1) is 0 Å². The standard InChI is InChI=1S/C22H34N6O/c1-5-20-23-8-11-27(20)16(2)14-21(29)26-9-6-18(7-10-26)22-19-15-25(4)12-13-28(19)17(3)24-22/h8,11,16,18H,5-7,9-10,12-15H2,1-4H3. The first-order valence-corrected chi connectivity index (χ1v) is 11.0. The van der Waals surface area contributed by atoms with Gasteiger partial charge in [0.1, 0.15) is 11.6 Å². The van der Waals surface area contributed by atoms with E-state index in [4.69, 9.17) is 4.98 Å². The van der Waals surface area contributed by atoms with Crippen LogP contribution in [-0.4, -0.2) is 61.5 Å². The second-order valence-electron chi connectivity index (χ2n) is 8.69. The van der Waals surface area contributed by atoms with Crippen molar-refractivity contribution in [2.24, 2.45) is 0 Å². The molecule has 2 aliphatic heterocycles. The zero-order valence-corrected chi connectivity index (χ0v) is 18.3. The van der Waals surface area contributed by atoms with Crippen molar-refractivity contribution in [3.8, 4) is 0 Å². The largest absolute Gasteiger partial charge is 0.343 e. The van der Waals surface area contributed by atoms with E-state index in [1.54, 1.807) is 0 Å². The number of nitrogens with zero attached hydrogens (tertiary/aromatic N) is 6. The Labute approximate surface area is 173 Å². The Morgan fingerprint density at radius 2 is 2.00 bits per heavy atom. The third kappa shape index (κ3) is 3.97. The summed E-state index contributed by atoms with van der Waals surface area (Å²) in [6.45, 7) is 11.1. The van der Waals surface area contributed by atoms with Gasteiger partial charge in [0.25, 0.3) is 0 Å². The Kier molecular flexibility index (Phi) is 5.76. The molecule has 0 aliphatic carbocycles. The summed E-state index contributed by atoms with van der Waals surface area (Å²) in [4.78, 5) is 26.7. The number of fused-ring (bicyclic) bond motifs is 1. The van der Waals surface area contributed by atoms with Gasteiger partial charge in [0, 0.05) is 69.9 Å². The molecule has 1 amide bonds. The number of likely N-dealkylation sites (N-methyl/N-ethyl adjacent to an activating group) is 1. The summed E-state index contributed by atoms with van der Waals surface area (Å²) in [6.07, 6.45) is 7.27. The minimum atomic E-state index is 0.149. The van der Waals surface area contributed by atoms with Crippen molar-refractivity contribution in [3.63, 3.8) is 0 Å². The molecule has 0 N–H and O–H groups in total. The molecule has 0 spiro atoms. The molecule has 1 atom stereocenters. The van der Waals surface area contributed by atoms with Crippen LogP contribution in [0.25, 0.3) is 0 Å². The van der Waals surface area contributed by atoms with E-state index in [0.29, 0.717) is 12.3 Å². The maximum Gasteiger partial charge on any atom is 0.224 e. The molecule has 1 fully saturated rings. The van der Waals surface area contributed by atoms with Crippen molar-refractivity contribution in [1.82, 2.24) is 28.9 Å². The number of imidazole rings is 2. The third-order valence-corrected chi connectivity index (χ3v) is 6.66. The number of carbonyl (C=O) groups is 1. The van der Waals surface area contributed by atoms with Crippen molar-refractivity contribution in [2.75, 3.05) is 26.7 Å². The number of aryl methyl sites for hydroxylation is 2. The molecular formula is C22H34N6O. The summed E-state index contributed by atoms with van der Waals surface area (Å²) in [5.74, 6) is 2.92. The van der Waals surface area contributed by atoms with Crippen LogP contribution in [0, 0.1) is 6.92 Å². The van der Waals surface area contributed by atoms with Crippen molar-refractivity contribution >= 4 is 5.91 Å². The Hall–Kier alpha value is -2.15. The monoisotopic (exact) mass is 398 g/mol. The van der Waals surface area contributed by atoms with Gasteiger partial charge in [-0.1, -0.05) is 6.92 Å². The molecule has 2 aromatic rings. The summed E-state index contributed by atoms with van der Waals surface area (Å²) in [6, 6.07) is 0.149. The number of hydrogen-bond donors (Lipinski definition) is 0. The Morgan fingerprint density at radius 1 is 1.24 bits per heavy atom. The maximum atomic E-state index is 12.9. The predicted molar refractivity (Wildman–Crippen MR) is 113 cm³/mol. The second-order valence-corrected chi connectivity index (χ2v) is 8.69. The van der Waals surface area contributed by atoms with Crippen molar-refractivity contribution in [3.05, 3.63) is 35.4 Å². The Balaban J connectivity index is 1.37. The van der Waals surface area contributed by atoms with Gasteiger partial charge in [0.15, 0.2) is 0 Å². The number of likely N-dealkylation sites (tertiary alicyclic amines) is 1. The van der Waals surface area contributed by atoms with E-state index >= 15 is 0 Å². The summed E-state index contributed by atoms with van der Waals surface area (Å²) >= 11 is 0. The molecule has 7 nitrogen and oxygen atoms in total. The van der Waals surface area contributed by atoms with E-state index < -0.39 is 0 Å². The van der Waals surface area contributed by atoms with Crippen LogP contribution in [0.5, 0.6) is 0 Å². The van der Waals surface area contributed by atoms with Gasteiger partial charge in [-0.05, 0) is 33.7 Å². The number of carbonyl (C=O) groups excluding carboxylic acids is 1. The van der Waals surface area contributed by atoms with Crippen LogP contribution >= 0.6 is 0 Å². The number of hydrogen-bond acceptors (Lipinski definition) is 4. The predicted octanol–water partition coefficient (Wildman–Crippen LogP) is 2.75. The van der Waals surface area contributed by atoms with E-state index in [1.807, 2.05) is 12.4 Å². The number of rotatable bonds is 5. The van der Waals surface area contributed by atoms with E-state index in [9.17, 15) is 4.79 Å². The van der Waals surface area contributed by atoms with Gasteiger partial charge < -0.3 is 14.0 Å². The molecule has 4 rings (SSSR count). The van der Waals surface area contributed by atoms with E-state index in [1.165, 1.54) is 11.4 Å². The average molecular weight is 399 g/mol. The molecule has 0 bridgehead atoms. The lowest BCUT2D eigenvalue weighted by atomic mass is 9.91. The number of amides is 1. The molecule has 29 heavy (non-hydrogen) atoms. The molecule has 0 radical (unpaired) electrons. The molecule has 4 heterocycles. The molecule has 0 aromatic carbocycles. The van der Waals surface area contributed by atoms with Crippen molar-refractivity contribution in [2.45, 2.75) is 71.5 Å². The van der Waals surface area contributed by atoms with Gasteiger partial charge in [0.05, 0.1) is 11.4 Å². The topological polar surface area (TPSA) is 59.2 Å². The lowest BCUT2D eigenvalue weighted by Gasteiger charge is -2.33. The summed E-state index contributed by atoms with van der Waals surface area (Å²) in [5, 5.41) is 0. The van der Waals surface area contributed by atoms with Crippen molar-refractivity contribution in [1.29, 1.82) is 0 Å². The lowest BCUT2D eigenvalue weighted by Crippen LogP contribution is -2.39. The molecule has 2 aliphatic rings. The first-order valence-electron chi connectivity index (χ1n) is 11.0. The minimum absolute atomic E-state index is 0.149. The Bertz CT molecular complexity index is 861. The highest BCUT2D eigenvalue weighted by atomic mass is 16.2. The van der Waals surface area contributed by atoms with Crippen LogP contribution in [0.4, 0.5) is 0 Å². The maximum absolute atomic E-state index is 12.9. The smallest absolute Gasteiger partial charge is 0.224 e. The van der Waals surface area contributed by atoms with Crippen LogP contribution in [0.2, 0.25) is 0 Å². The molecule has 1 saturated heterocycles. The molecule has 7 heteroatoms. The molecular weight excluding hydrogens is 364 g/mol. The molecule has 2 aromatic heterocycles. The fraction of sp³-hybridized carbons (Fsp3) is 0.682. The van der Waals surface area contributed by atoms with Crippen LogP contribution in [0.3, 0.4) is 0 Å². The summed E-state index contributed by atoms with van der Waals surface area (Å²) < 4.78 is 4.53. The van der Waals surface area contributed by atoms with Crippen LogP contribution in [0.15, 0.2) is 12.4 Å². The van der Waals surface area contributed by atoms with Gasteiger partial charge >= 0.3 is 0 Å². The zero-order chi connectivity index (χ0) is 20.5. The van der Waals surface area contributed by atoms with Gasteiger partial charge in [-0.25, -0.2) is 9.97 Å². The average Bonchev–Trinajstić information content (AvgIpc) is 3.32. The van der Waals surface area contributed by atoms with Gasteiger partial charge in [-0.3, -0.25) is 9.69 Å². The molecule has 158 valence electrons. The van der Waals surface area contributed by atoms with Crippen LogP contribution < -0.4 is 0 Å². The minimum Gasteiger partial charge on any atom is -0.343 e. The van der Waals surface area contributed by atoms with E-state index in [2.05, 4.69) is 51.7 Å². The Morgan fingerprint density at radius 3 is 2.72 bits per heavy atom. The van der Waals surface area contributed by atoms with E-state index in [-0.39, 0.29) is 11.9 Å². The highest BCUT2D eigenvalue weighted by molar-refractivity contribution is 5.76. The molecule has 1 unspecified atom stereocenters. The van der Waals surface area contributed by atoms with Crippen LogP contribution in [0.1, 0.15) is 68.1 Å². The summed E-state index contributed by atoms with van der Waals surface area (Å²) in [5.41, 5.74) is 2.67. The van der Waals surface area contributed by atoms with Crippen molar-refractivity contribution < 1.29 is 4.79 Å². The number of aromatic nitrogens is 4. The molecule has 0 saturated carbocycles. The lowest BCUT2D eigenvalue weighted by molar-refractivity contribution is -0.133. The fourth-order valence-electron chi connectivity index (χ4n) is 4.93. The highest BCUT2D eigenvalue weighted by Gasteiger charge is 2.30. The third-order valence-electron chi connectivity index (χ3n) is 6.66. The van der Waals surface area contributed by atoms with Gasteiger partial charge in [-0.2, -0.15) is 0 Å². The zero-order valence-electron chi connectivity index (χ0n) is 18.3. The first-order chi connectivity index (χ1) is 14.0. The SMILES string of the molecule is CCc1nccn1C(C)CC(=O)N1CCC(c2nc(C)n3c2CN(C)CC3)CC1. The van der Waals surface area contributed by atoms with Gasteiger partial charge in [0.2, 0.25) is 5.91 Å². The highest BCUT2D eigenvalue weighted by Crippen LogP contribution is 2.32. The van der Waals surface area contributed by atoms with E-state index in [0.717, 1.165) is 63.6 Å². The van der Waals surface area contributed by atoms with Crippen LogP contribution in [-0.2, 0) is 24.3 Å². The number of piperidine rings is 1. The normalized spacial score (nSPS) is 19.4. The second kappa shape index (κ2) is 8.30. The fourth-order valence-corrected chi connectivity index (χ4v) is 4.93. The first kappa shape index (κ1) is 20.1.